The van der Waals surface area contributed by atoms with Crippen LogP contribution in [0.5, 0.6) is 5.75 Å². The van der Waals surface area contributed by atoms with Gasteiger partial charge in [0, 0.05) is 11.1 Å². The predicted octanol–water partition coefficient (Wildman–Crippen LogP) is 2.75. The molecule has 0 amide bonds. The second-order valence-corrected chi connectivity index (χ2v) is 3.51. The molecule has 15 heavy (non-hydrogen) atoms. The van der Waals surface area contributed by atoms with Crippen LogP contribution in [0.2, 0.25) is 5.02 Å². The third-order valence-corrected chi connectivity index (χ3v) is 1.90. The van der Waals surface area contributed by atoms with Crippen molar-refractivity contribution in [3.8, 4) is 5.75 Å². The van der Waals surface area contributed by atoms with Crippen molar-refractivity contribution in [1.82, 2.24) is 0 Å². The van der Waals surface area contributed by atoms with Gasteiger partial charge in [0.25, 0.3) is 0 Å². The highest BCUT2D eigenvalue weighted by Crippen LogP contribution is 2.15. The van der Waals surface area contributed by atoms with Gasteiger partial charge in [-0.25, -0.2) is 4.79 Å². The van der Waals surface area contributed by atoms with E-state index in [-0.39, 0.29) is 6.61 Å². The lowest BCUT2D eigenvalue weighted by Crippen LogP contribution is -2.01. The molecule has 0 fully saturated rings. The van der Waals surface area contributed by atoms with Crippen LogP contribution in [-0.4, -0.2) is 17.7 Å². The zero-order valence-electron chi connectivity index (χ0n) is 8.24. The Morgan fingerprint density at radius 2 is 2.07 bits per heavy atom. The van der Waals surface area contributed by atoms with Crippen LogP contribution in [0.1, 0.15) is 6.92 Å². The van der Waals surface area contributed by atoms with Crippen molar-refractivity contribution in [2.24, 2.45) is 0 Å². The number of rotatable bonds is 4. The summed E-state index contributed by atoms with van der Waals surface area (Å²) in [5.41, 5.74) is 0.650. The number of carboxylic acid groups (broad SMARTS) is 1. The van der Waals surface area contributed by atoms with Crippen molar-refractivity contribution in [2.45, 2.75) is 6.92 Å². The molecular weight excluding hydrogens is 216 g/mol. The number of ether oxygens (including phenoxy) is 1. The molecule has 0 spiro atoms. The van der Waals surface area contributed by atoms with Crippen molar-refractivity contribution in [3.63, 3.8) is 0 Å². The fourth-order valence-corrected chi connectivity index (χ4v) is 1.11. The summed E-state index contributed by atoms with van der Waals surface area (Å²) in [6, 6.07) is 6.90. The molecule has 1 N–H and O–H groups in total. The minimum absolute atomic E-state index is 0.258. The lowest BCUT2D eigenvalue weighted by Gasteiger charge is -2.05. The second-order valence-electron chi connectivity index (χ2n) is 3.07. The molecule has 3 nitrogen and oxygen atoms in total. The van der Waals surface area contributed by atoms with Crippen molar-refractivity contribution in [1.29, 1.82) is 0 Å². The van der Waals surface area contributed by atoms with E-state index >= 15 is 0 Å². The van der Waals surface area contributed by atoms with Crippen LogP contribution >= 0.6 is 11.6 Å². The van der Waals surface area contributed by atoms with E-state index in [2.05, 4.69) is 0 Å². The lowest BCUT2D eigenvalue weighted by molar-refractivity contribution is -0.131. The Hall–Kier alpha value is -1.48. The van der Waals surface area contributed by atoms with Crippen molar-refractivity contribution < 1.29 is 14.6 Å². The summed E-state index contributed by atoms with van der Waals surface area (Å²) >= 11 is 5.70. The topological polar surface area (TPSA) is 46.5 Å². The van der Waals surface area contributed by atoms with Crippen molar-refractivity contribution >= 4 is 17.6 Å². The number of benzene rings is 1. The Morgan fingerprint density at radius 3 is 2.60 bits per heavy atom. The standard InChI is InChI=1S/C11H11ClO3/c1-8(6-11(13)14)7-15-10-4-2-9(12)3-5-10/h2-6H,7H2,1H3,(H,13,14). The number of halogens is 1. The van der Waals surface area contributed by atoms with Gasteiger partial charge < -0.3 is 9.84 Å². The average molecular weight is 227 g/mol. The Morgan fingerprint density at radius 1 is 1.47 bits per heavy atom. The molecule has 0 heterocycles. The molecule has 0 aliphatic carbocycles. The van der Waals surface area contributed by atoms with E-state index in [1.54, 1.807) is 31.2 Å². The molecule has 0 bridgehead atoms. The smallest absolute Gasteiger partial charge is 0.328 e. The molecule has 0 saturated heterocycles. The summed E-state index contributed by atoms with van der Waals surface area (Å²) < 4.78 is 5.33. The van der Waals surface area contributed by atoms with Crippen LogP contribution in [0.25, 0.3) is 0 Å². The highest BCUT2D eigenvalue weighted by molar-refractivity contribution is 6.30. The highest BCUT2D eigenvalue weighted by atomic mass is 35.5. The normalized spacial score (nSPS) is 11.2. The Kier molecular flexibility index (Phi) is 4.18. The van der Waals surface area contributed by atoms with Crippen LogP contribution in [0.4, 0.5) is 0 Å². The summed E-state index contributed by atoms with van der Waals surface area (Å²) in [6.45, 7) is 1.96. The maximum absolute atomic E-state index is 10.3. The first-order valence-electron chi connectivity index (χ1n) is 4.36. The highest BCUT2D eigenvalue weighted by Gasteiger charge is 1.97. The predicted molar refractivity (Wildman–Crippen MR) is 58.3 cm³/mol. The number of aliphatic carboxylic acids is 1. The van der Waals surface area contributed by atoms with Crippen LogP contribution < -0.4 is 4.74 Å². The summed E-state index contributed by atoms with van der Waals surface area (Å²) in [5, 5.41) is 9.11. The van der Waals surface area contributed by atoms with E-state index < -0.39 is 5.97 Å². The van der Waals surface area contributed by atoms with Gasteiger partial charge in [0.1, 0.15) is 12.4 Å². The molecule has 0 radical (unpaired) electrons. The largest absolute Gasteiger partial charge is 0.489 e. The van der Waals surface area contributed by atoms with Crippen LogP contribution in [0.3, 0.4) is 0 Å². The first-order chi connectivity index (χ1) is 7.08. The third-order valence-electron chi connectivity index (χ3n) is 1.65. The molecular formula is C11H11ClO3. The molecule has 0 aromatic heterocycles. The minimum Gasteiger partial charge on any atom is -0.489 e. The Labute approximate surface area is 92.9 Å². The zero-order chi connectivity index (χ0) is 11.3. The molecule has 0 unspecified atom stereocenters. The van der Waals surface area contributed by atoms with Gasteiger partial charge >= 0.3 is 5.97 Å². The molecule has 0 aliphatic rings. The summed E-state index contributed by atoms with van der Waals surface area (Å²) in [5.74, 6) is -0.301. The molecule has 0 saturated carbocycles. The van der Waals surface area contributed by atoms with Gasteiger partial charge in [0.15, 0.2) is 0 Å². The number of carboxylic acids is 1. The van der Waals surface area contributed by atoms with Crippen molar-refractivity contribution in [3.05, 3.63) is 40.9 Å². The molecule has 80 valence electrons. The van der Waals surface area contributed by atoms with Crippen LogP contribution in [-0.2, 0) is 4.79 Å². The minimum atomic E-state index is -0.966. The van der Waals surface area contributed by atoms with Gasteiger partial charge in [-0.3, -0.25) is 0 Å². The SMILES string of the molecule is CC(=CC(=O)O)COc1ccc(Cl)cc1. The number of hydrogen-bond donors (Lipinski definition) is 1. The monoisotopic (exact) mass is 226 g/mol. The van der Waals surface area contributed by atoms with Crippen LogP contribution in [0, 0.1) is 0 Å². The van der Waals surface area contributed by atoms with E-state index in [9.17, 15) is 4.79 Å². The quantitative estimate of drug-likeness (QED) is 0.803. The maximum Gasteiger partial charge on any atom is 0.328 e. The lowest BCUT2D eigenvalue weighted by atomic mass is 10.3. The second kappa shape index (κ2) is 5.41. The first-order valence-corrected chi connectivity index (χ1v) is 4.74. The van der Waals surface area contributed by atoms with E-state index in [1.807, 2.05) is 0 Å². The number of hydrogen-bond acceptors (Lipinski definition) is 2. The third kappa shape index (κ3) is 4.51. The van der Waals surface area contributed by atoms with E-state index in [0.29, 0.717) is 16.3 Å². The summed E-state index contributed by atoms with van der Waals surface area (Å²) in [4.78, 5) is 10.3. The average Bonchev–Trinajstić information content (AvgIpc) is 2.16. The Bertz CT molecular complexity index is 368. The molecule has 4 heteroatoms. The molecule has 1 rings (SSSR count). The van der Waals surface area contributed by atoms with Gasteiger partial charge in [0.2, 0.25) is 0 Å². The first kappa shape index (κ1) is 11.6. The Balaban J connectivity index is 2.50. The van der Waals surface area contributed by atoms with Gasteiger partial charge in [-0.1, -0.05) is 11.6 Å². The molecule has 1 aromatic rings. The molecule has 0 aliphatic heterocycles. The van der Waals surface area contributed by atoms with E-state index in [4.69, 9.17) is 21.4 Å². The van der Waals surface area contributed by atoms with Gasteiger partial charge in [-0.05, 0) is 36.8 Å². The van der Waals surface area contributed by atoms with Gasteiger partial charge in [-0.15, -0.1) is 0 Å². The summed E-state index contributed by atoms with van der Waals surface area (Å²) in [7, 11) is 0. The molecule has 1 aromatic carbocycles. The van der Waals surface area contributed by atoms with E-state index in [1.165, 1.54) is 0 Å². The fraction of sp³-hybridized carbons (Fsp3) is 0.182. The van der Waals surface area contributed by atoms with Gasteiger partial charge in [0.05, 0.1) is 0 Å². The summed E-state index contributed by atoms with van der Waals surface area (Å²) in [6.07, 6.45) is 1.12. The molecule has 0 atom stereocenters. The van der Waals surface area contributed by atoms with Crippen molar-refractivity contribution in [2.75, 3.05) is 6.61 Å². The maximum atomic E-state index is 10.3. The van der Waals surface area contributed by atoms with Gasteiger partial charge in [-0.2, -0.15) is 0 Å². The van der Waals surface area contributed by atoms with Crippen LogP contribution in [0.15, 0.2) is 35.9 Å². The van der Waals surface area contributed by atoms with E-state index in [0.717, 1.165) is 6.08 Å². The zero-order valence-corrected chi connectivity index (χ0v) is 8.99. The fourth-order valence-electron chi connectivity index (χ4n) is 0.980. The number of carbonyl (C=O) groups is 1.